The van der Waals surface area contributed by atoms with Crippen molar-refractivity contribution in [2.24, 2.45) is 0 Å². The van der Waals surface area contributed by atoms with Crippen molar-refractivity contribution in [1.29, 1.82) is 0 Å². The normalized spacial score (nSPS) is 17.1. The summed E-state index contributed by atoms with van der Waals surface area (Å²) in [5, 5.41) is 0.693. The smallest absolute Gasteiger partial charge is 0.256 e. The van der Waals surface area contributed by atoms with Gasteiger partial charge in [-0.05, 0) is 12.1 Å². The quantitative estimate of drug-likeness (QED) is 0.708. The molecule has 4 rings (SSSR count). The van der Waals surface area contributed by atoms with E-state index in [1.807, 2.05) is 0 Å². The molecule has 0 amide bonds. The number of carbonyl (C=O) groups excluding carboxylic acids is 1. The summed E-state index contributed by atoms with van der Waals surface area (Å²) in [4.78, 5) is 16.9. The van der Waals surface area contributed by atoms with Crippen LogP contribution in [0.2, 0.25) is 10.0 Å². The van der Waals surface area contributed by atoms with E-state index in [1.54, 1.807) is 19.2 Å². The molecule has 2 aliphatic heterocycles. The van der Waals surface area contributed by atoms with E-state index in [4.69, 9.17) is 42.1 Å². The van der Waals surface area contributed by atoms with Crippen LogP contribution < -0.4 is 14.2 Å². The standard InChI is InChI=1S/C19H17Cl2NO5/c1-24-16-3-2-11(15(23)8-12-13(20)9-22-10-14(12)21)17-18(16)27-19(26-17)4-6-25-7-5-19/h2-3,9-10H,4-8H2,1H3. The molecular formula is C19H17Cl2NO5. The number of fused-ring (bicyclic) bond motifs is 1. The topological polar surface area (TPSA) is 66.9 Å². The Bertz CT molecular complexity index is 876. The van der Waals surface area contributed by atoms with Crippen LogP contribution in [-0.4, -0.2) is 36.9 Å². The Morgan fingerprint density at radius 3 is 2.48 bits per heavy atom. The maximum atomic E-state index is 13.0. The number of nitrogens with zero attached hydrogens (tertiary/aromatic N) is 1. The molecule has 0 bridgehead atoms. The highest BCUT2D eigenvalue weighted by atomic mass is 35.5. The van der Waals surface area contributed by atoms with Crippen LogP contribution in [0.4, 0.5) is 0 Å². The summed E-state index contributed by atoms with van der Waals surface area (Å²) in [6, 6.07) is 3.37. The molecular weight excluding hydrogens is 393 g/mol. The lowest BCUT2D eigenvalue weighted by molar-refractivity contribution is -0.144. The van der Waals surface area contributed by atoms with Crippen molar-refractivity contribution >= 4 is 29.0 Å². The third-order valence-electron chi connectivity index (χ3n) is 4.72. The first-order chi connectivity index (χ1) is 13.0. The fourth-order valence-electron chi connectivity index (χ4n) is 3.26. The number of halogens is 2. The monoisotopic (exact) mass is 409 g/mol. The SMILES string of the molecule is COc1ccc(C(=O)Cc2c(Cl)cncc2Cl)c2c1OC1(CCOCC1)O2. The molecule has 3 heterocycles. The molecule has 2 aliphatic rings. The van der Waals surface area contributed by atoms with Crippen LogP contribution >= 0.6 is 23.2 Å². The van der Waals surface area contributed by atoms with Gasteiger partial charge < -0.3 is 18.9 Å². The van der Waals surface area contributed by atoms with Gasteiger partial charge in [0.05, 0.1) is 35.9 Å². The van der Waals surface area contributed by atoms with E-state index < -0.39 is 5.79 Å². The summed E-state index contributed by atoms with van der Waals surface area (Å²) in [7, 11) is 1.55. The van der Waals surface area contributed by atoms with Gasteiger partial charge in [0.2, 0.25) is 5.75 Å². The van der Waals surface area contributed by atoms with Crippen molar-refractivity contribution in [2.75, 3.05) is 20.3 Å². The number of hydrogen-bond acceptors (Lipinski definition) is 6. The summed E-state index contributed by atoms with van der Waals surface area (Å²) in [5.41, 5.74) is 0.931. The fourth-order valence-corrected chi connectivity index (χ4v) is 3.76. The Morgan fingerprint density at radius 1 is 1.15 bits per heavy atom. The largest absolute Gasteiger partial charge is 0.493 e. The van der Waals surface area contributed by atoms with E-state index in [9.17, 15) is 4.79 Å². The van der Waals surface area contributed by atoms with Crippen molar-refractivity contribution in [3.8, 4) is 17.2 Å². The number of ketones is 1. The van der Waals surface area contributed by atoms with Crippen LogP contribution in [0.5, 0.6) is 17.2 Å². The fraction of sp³-hybridized carbons (Fsp3) is 0.368. The molecule has 1 spiro atoms. The van der Waals surface area contributed by atoms with Crippen molar-refractivity contribution in [3.63, 3.8) is 0 Å². The number of Topliss-reactive ketones (excluding diaryl/α,β-unsaturated/α-hetero) is 1. The molecule has 1 aromatic heterocycles. The molecule has 8 heteroatoms. The Balaban J connectivity index is 1.69. The predicted octanol–water partition coefficient (Wildman–Crippen LogP) is 4.10. The predicted molar refractivity (Wildman–Crippen MR) is 99.3 cm³/mol. The third-order valence-corrected chi connectivity index (χ3v) is 5.37. The van der Waals surface area contributed by atoms with E-state index in [0.29, 0.717) is 64.5 Å². The van der Waals surface area contributed by atoms with E-state index in [2.05, 4.69) is 4.98 Å². The van der Waals surface area contributed by atoms with Crippen molar-refractivity contribution in [1.82, 2.24) is 4.98 Å². The minimum atomic E-state index is -0.823. The molecule has 1 saturated heterocycles. The lowest BCUT2D eigenvalue weighted by Crippen LogP contribution is -2.44. The van der Waals surface area contributed by atoms with Gasteiger partial charge in [0.15, 0.2) is 17.3 Å². The van der Waals surface area contributed by atoms with Gasteiger partial charge in [-0.2, -0.15) is 0 Å². The second kappa shape index (κ2) is 7.19. The molecule has 1 fully saturated rings. The molecule has 2 aromatic rings. The molecule has 1 aromatic carbocycles. The van der Waals surface area contributed by atoms with Crippen LogP contribution in [0.3, 0.4) is 0 Å². The Kier molecular flexibility index (Phi) is 4.88. The van der Waals surface area contributed by atoms with Gasteiger partial charge in [0, 0.05) is 37.2 Å². The lowest BCUT2D eigenvalue weighted by Gasteiger charge is -2.31. The van der Waals surface area contributed by atoms with Crippen molar-refractivity contribution < 1.29 is 23.7 Å². The second-order valence-corrected chi connectivity index (χ2v) is 7.20. The minimum Gasteiger partial charge on any atom is -0.493 e. The number of pyridine rings is 1. The lowest BCUT2D eigenvalue weighted by atomic mass is 10.0. The van der Waals surface area contributed by atoms with E-state index >= 15 is 0 Å². The average molecular weight is 410 g/mol. The molecule has 6 nitrogen and oxygen atoms in total. The molecule has 0 unspecified atom stereocenters. The van der Waals surface area contributed by atoms with Crippen molar-refractivity contribution in [3.05, 3.63) is 45.7 Å². The van der Waals surface area contributed by atoms with E-state index in [0.717, 1.165) is 0 Å². The highest BCUT2D eigenvalue weighted by Crippen LogP contribution is 2.51. The maximum Gasteiger partial charge on any atom is 0.256 e. The van der Waals surface area contributed by atoms with Crippen LogP contribution in [0.25, 0.3) is 0 Å². The van der Waals surface area contributed by atoms with Crippen LogP contribution in [0.1, 0.15) is 28.8 Å². The molecule has 0 N–H and O–H groups in total. The Hall–Kier alpha value is -2.02. The molecule has 142 valence electrons. The van der Waals surface area contributed by atoms with Crippen LogP contribution in [0, 0.1) is 0 Å². The number of aromatic nitrogens is 1. The Morgan fingerprint density at radius 2 is 1.81 bits per heavy atom. The molecule has 0 saturated carbocycles. The van der Waals surface area contributed by atoms with Gasteiger partial charge >= 0.3 is 0 Å². The third kappa shape index (κ3) is 3.33. The van der Waals surface area contributed by atoms with Gasteiger partial charge in [0.1, 0.15) is 0 Å². The maximum absolute atomic E-state index is 13.0. The van der Waals surface area contributed by atoms with Gasteiger partial charge in [-0.3, -0.25) is 9.78 Å². The minimum absolute atomic E-state index is 0.0262. The number of benzene rings is 1. The first-order valence-electron chi connectivity index (χ1n) is 8.51. The van der Waals surface area contributed by atoms with Crippen molar-refractivity contribution in [2.45, 2.75) is 25.0 Å². The number of rotatable bonds is 4. The van der Waals surface area contributed by atoms with Gasteiger partial charge in [-0.15, -0.1) is 0 Å². The highest BCUT2D eigenvalue weighted by molar-refractivity contribution is 6.36. The first-order valence-corrected chi connectivity index (χ1v) is 9.26. The number of ether oxygens (including phenoxy) is 4. The van der Waals surface area contributed by atoms with E-state index in [1.165, 1.54) is 12.4 Å². The summed E-state index contributed by atoms with van der Waals surface area (Å²) < 4.78 is 23.0. The van der Waals surface area contributed by atoms with Crippen LogP contribution in [0.15, 0.2) is 24.5 Å². The summed E-state index contributed by atoms with van der Waals surface area (Å²) in [5.74, 6) is 0.345. The zero-order valence-corrected chi connectivity index (χ0v) is 16.1. The summed E-state index contributed by atoms with van der Waals surface area (Å²) >= 11 is 12.3. The van der Waals surface area contributed by atoms with E-state index in [-0.39, 0.29) is 12.2 Å². The highest BCUT2D eigenvalue weighted by Gasteiger charge is 2.46. The van der Waals surface area contributed by atoms with Gasteiger partial charge in [-0.25, -0.2) is 0 Å². The second-order valence-electron chi connectivity index (χ2n) is 6.38. The Labute approximate surface area is 166 Å². The average Bonchev–Trinajstić information content (AvgIpc) is 3.02. The molecule has 0 aliphatic carbocycles. The van der Waals surface area contributed by atoms with Gasteiger partial charge in [0.25, 0.3) is 5.79 Å². The summed E-state index contributed by atoms with van der Waals surface area (Å²) in [6.07, 6.45) is 4.09. The number of hydrogen-bond donors (Lipinski definition) is 0. The number of carbonyl (C=O) groups is 1. The molecule has 27 heavy (non-hydrogen) atoms. The van der Waals surface area contributed by atoms with Gasteiger partial charge in [-0.1, -0.05) is 23.2 Å². The number of methoxy groups -OCH3 is 1. The zero-order chi connectivity index (χ0) is 19.0. The zero-order valence-electron chi connectivity index (χ0n) is 14.6. The molecule has 0 radical (unpaired) electrons. The van der Waals surface area contributed by atoms with Crippen LogP contribution in [-0.2, 0) is 11.2 Å². The summed E-state index contributed by atoms with van der Waals surface area (Å²) in [6.45, 7) is 1.06. The first kappa shape index (κ1) is 18.3. The molecule has 0 atom stereocenters.